The van der Waals surface area contributed by atoms with Gasteiger partial charge in [-0.25, -0.2) is 4.79 Å². The molecule has 0 aliphatic rings. The molecular weight excluding hydrogens is 376 g/mol. The molecule has 1 rings (SSSR count). The summed E-state index contributed by atoms with van der Waals surface area (Å²) in [6.07, 6.45) is -0.133. The Bertz CT molecular complexity index is 672. The number of methoxy groups -OCH3 is 3. The highest BCUT2D eigenvalue weighted by molar-refractivity contribution is 5.85. The van der Waals surface area contributed by atoms with Gasteiger partial charge in [0.25, 0.3) is 0 Å². The zero-order valence-corrected chi connectivity index (χ0v) is 18.7. The van der Waals surface area contributed by atoms with Crippen molar-refractivity contribution in [2.75, 3.05) is 21.3 Å². The Balaban J connectivity index is 2.88. The van der Waals surface area contributed by atoms with Crippen LogP contribution in [0, 0.1) is 5.92 Å². The average molecular weight is 411 g/mol. The Morgan fingerprint density at radius 3 is 1.97 bits per heavy atom. The van der Waals surface area contributed by atoms with Gasteiger partial charge in [-0.1, -0.05) is 13.8 Å². The summed E-state index contributed by atoms with van der Waals surface area (Å²) < 4.78 is 21.2. The van der Waals surface area contributed by atoms with Gasteiger partial charge in [0, 0.05) is 6.54 Å². The third kappa shape index (κ3) is 8.09. The number of rotatable bonds is 9. The Hall–Kier alpha value is -2.64. The fraction of sp³-hybridized carbons (Fsp3) is 0.619. The van der Waals surface area contributed by atoms with E-state index in [0.717, 1.165) is 5.56 Å². The molecular formula is C21H34N2O6. The predicted octanol–water partition coefficient (Wildman–Crippen LogP) is 3.27. The summed E-state index contributed by atoms with van der Waals surface area (Å²) in [5.41, 5.74) is 0.132. The van der Waals surface area contributed by atoms with Gasteiger partial charge in [0.1, 0.15) is 11.6 Å². The summed E-state index contributed by atoms with van der Waals surface area (Å²) in [7, 11) is 4.59. The summed E-state index contributed by atoms with van der Waals surface area (Å²) in [6, 6.07) is 2.83. The molecule has 0 saturated heterocycles. The van der Waals surface area contributed by atoms with Gasteiger partial charge in [-0.15, -0.1) is 0 Å². The summed E-state index contributed by atoms with van der Waals surface area (Å²) >= 11 is 0. The molecule has 0 fully saturated rings. The number of alkyl carbamates (subject to hydrolysis) is 1. The third-order valence-electron chi connectivity index (χ3n) is 3.91. The van der Waals surface area contributed by atoms with E-state index in [0.29, 0.717) is 23.7 Å². The summed E-state index contributed by atoms with van der Waals surface area (Å²) in [5.74, 6) is 1.40. The van der Waals surface area contributed by atoms with Crippen LogP contribution < -0.4 is 24.8 Å². The normalized spacial score (nSPS) is 12.2. The van der Waals surface area contributed by atoms with Crippen LogP contribution in [0.3, 0.4) is 0 Å². The molecule has 0 radical (unpaired) electrons. The maximum Gasteiger partial charge on any atom is 0.408 e. The van der Waals surface area contributed by atoms with E-state index in [1.807, 2.05) is 13.8 Å². The van der Waals surface area contributed by atoms with Crippen molar-refractivity contribution in [2.24, 2.45) is 5.92 Å². The number of hydrogen-bond donors (Lipinski definition) is 2. The number of hydrogen-bond acceptors (Lipinski definition) is 6. The van der Waals surface area contributed by atoms with Crippen LogP contribution in [0.1, 0.15) is 46.6 Å². The monoisotopic (exact) mass is 410 g/mol. The van der Waals surface area contributed by atoms with E-state index >= 15 is 0 Å². The molecule has 0 aliphatic heterocycles. The lowest BCUT2D eigenvalue weighted by Crippen LogP contribution is -2.48. The van der Waals surface area contributed by atoms with Crippen LogP contribution in [-0.4, -0.2) is 45.0 Å². The number of amides is 2. The lowest BCUT2D eigenvalue weighted by molar-refractivity contribution is -0.123. The highest BCUT2D eigenvalue weighted by Crippen LogP contribution is 2.38. The van der Waals surface area contributed by atoms with Crippen molar-refractivity contribution in [2.45, 2.75) is 59.2 Å². The first-order valence-electron chi connectivity index (χ1n) is 9.56. The molecule has 8 heteroatoms. The molecule has 1 aromatic carbocycles. The standard InChI is InChI=1S/C21H34N2O6/c1-13(2)9-15(23-20(25)29-21(3,4)5)19(24)22-12-14-10-16(26-6)18(28-8)17(11-14)27-7/h10-11,13,15H,9,12H2,1-8H3,(H,22,24)(H,23,25)/t15-/m0/s1. The predicted molar refractivity (Wildman–Crippen MR) is 111 cm³/mol. The molecule has 0 unspecified atom stereocenters. The first kappa shape index (κ1) is 24.4. The van der Waals surface area contributed by atoms with Gasteiger partial charge in [-0.2, -0.15) is 0 Å². The van der Waals surface area contributed by atoms with Crippen molar-refractivity contribution < 1.29 is 28.5 Å². The number of carbonyl (C=O) groups is 2. The quantitative estimate of drug-likeness (QED) is 0.649. The number of nitrogens with one attached hydrogen (secondary N) is 2. The highest BCUT2D eigenvalue weighted by Gasteiger charge is 2.25. The number of ether oxygens (including phenoxy) is 4. The number of carbonyl (C=O) groups excluding carboxylic acids is 2. The molecule has 0 aromatic heterocycles. The fourth-order valence-corrected chi connectivity index (χ4v) is 2.70. The van der Waals surface area contributed by atoms with Crippen molar-refractivity contribution in [3.05, 3.63) is 17.7 Å². The first-order valence-corrected chi connectivity index (χ1v) is 9.56. The molecule has 0 aliphatic carbocycles. The average Bonchev–Trinajstić information content (AvgIpc) is 2.62. The zero-order valence-electron chi connectivity index (χ0n) is 18.7. The molecule has 1 atom stereocenters. The third-order valence-corrected chi connectivity index (χ3v) is 3.91. The van der Waals surface area contributed by atoms with Crippen LogP contribution in [0.15, 0.2) is 12.1 Å². The van der Waals surface area contributed by atoms with Crippen LogP contribution >= 0.6 is 0 Å². The van der Waals surface area contributed by atoms with E-state index in [4.69, 9.17) is 18.9 Å². The first-order chi connectivity index (χ1) is 13.5. The second-order valence-electron chi connectivity index (χ2n) is 8.08. The van der Waals surface area contributed by atoms with Gasteiger partial charge in [0.15, 0.2) is 11.5 Å². The molecule has 2 amide bonds. The van der Waals surface area contributed by atoms with Crippen LogP contribution in [-0.2, 0) is 16.1 Å². The van der Waals surface area contributed by atoms with Gasteiger partial charge in [0.05, 0.1) is 21.3 Å². The molecule has 164 valence electrons. The van der Waals surface area contributed by atoms with Crippen LogP contribution in [0.25, 0.3) is 0 Å². The highest BCUT2D eigenvalue weighted by atomic mass is 16.6. The van der Waals surface area contributed by atoms with Crippen LogP contribution in [0.4, 0.5) is 4.79 Å². The fourth-order valence-electron chi connectivity index (χ4n) is 2.70. The van der Waals surface area contributed by atoms with Gasteiger partial charge < -0.3 is 29.6 Å². The summed E-state index contributed by atoms with van der Waals surface area (Å²) in [6.45, 7) is 9.52. The molecule has 0 spiro atoms. The molecule has 0 saturated carbocycles. The minimum atomic E-state index is -0.702. The largest absolute Gasteiger partial charge is 0.493 e. The second-order valence-corrected chi connectivity index (χ2v) is 8.08. The lowest BCUT2D eigenvalue weighted by Gasteiger charge is -2.24. The maximum atomic E-state index is 12.7. The molecule has 2 N–H and O–H groups in total. The smallest absolute Gasteiger partial charge is 0.408 e. The second kappa shape index (κ2) is 10.8. The van der Waals surface area contributed by atoms with E-state index in [2.05, 4.69) is 10.6 Å². The van der Waals surface area contributed by atoms with E-state index in [9.17, 15) is 9.59 Å². The SMILES string of the molecule is COc1cc(CNC(=O)[C@H](CC(C)C)NC(=O)OC(C)(C)C)cc(OC)c1OC. The van der Waals surface area contributed by atoms with Crippen molar-refractivity contribution in [1.82, 2.24) is 10.6 Å². The van der Waals surface area contributed by atoms with E-state index in [1.165, 1.54) is 21.3 Å². The van der Waals surface area contributed by atoms with Crippen molar-refractivity contribution in [1.29, 1.82) is 0 Å². The molecule has 1 aromatic rings. The zero-order chi connectivity index (χ0) is 22.2. The van der Waals surface area contributed by atoms with E-state index < -0.39 is 17.7 Å². The Kier molecular flexibility index (Phi) is 9.07. The Labute approximate surface area is 173 Å². The molecule has 29 heavy (non-hydrogen) atoms. The van der Waals surface area contributed by atoms with Crippen molar-refractivity contribution >= 4 is 12.0 Å². The minimum absolute atomic E-state index is 0.210. The van der Waals surface area contributed by atoms with Gasteiger partial charge in [0.2, 0.25) is 11.7 Å². The molecule has 0 heterocycles. The molecule has 0 bridgehead atoms. The van der Waals surface area contributed by atoms with Crippen molar-refractivity contribution in [3.8, 4) is 17.2 Å². The van der Waals surface area contributed by atoms with E-state index in [-0.39, 0.29) is 18.4 Å². The Morgan fingerprint density at radius 2 is 1.55 bits per heavy atom. The van der Waals surface area contributed by atoms with Gasteiger partial charge in [-0.05, 0) is 50.8 Å². The maximum absolute atomic E-state index is 12.7. The van der Waals surface area contributed by atoms with Crippen LogP contribution in [0.5, 0.6) is 17.2 Å². The number of benzene rings is 1. The lowest BCUT2D eigenvalue weighted by atomic mass is 10.0. The summed E-state index contributed by atoms with van der Waals surface area (Å²) in [4.78, 5) is 24.8. The van der Waals surface area contributed by atoms with Gasteiger partial charge >= 0.3 is 6.09 Å². The van der Waals surface area contributed by atoms with Crippen LogP contribution in [0.2, 0.25) is 0 Å². The van der Waals surface area contributed by atoms with E-state index in [1.54, 1.807) is 32.9 Å². The molecule has 8 nitrogen and oxygen atoms in total. The topological polar surface area (TPSA) is 95.1 Å². The van der Waals surface area contributed by atoms with Gasteiger partial charge in [-0.3, -0.25) is 4.79 Å². The Morgan fingerprint density at radius 1 is 1.00 bits per heavy atom. The van der Waals surface area contributed by atoms with Crippen molar-refractivity contribution in [3.63, 3.8) is 0 Å². The summed E-state index contributed by atoms with van der Waals surface area (Å²) in [5, 5.41) is 5.51. The minimum Gasteiger partial charge on any atom is -0.493 e.